The molecule has 0 spiro atoms. The van der Waals surface area contributed by atoms with Gasteiger partial charge in [0, 0.05) is 18.0 Å². The molecule has 1 heterocycles. The second-order valence-electron chi connectivity index (χ2n) is 5.94. The smallest absolute Gasteiger partial charge is 0.332 e. The van der Waals surface area contributed by atoms with E-state index in [1.54, 1.807) is 48.8 Å². The molecule has 1 N–H and O–H groups in total. The van der Waals surface area contributed by atoms with E-state index in [-0.39, 0.29) is 5.56 Å². The fourth-order valence-corrected chi connectivity index (χ4v) is 2.76. The number of nitrogens with zero attached hydrogens (tertiary/aromatic N) is 2. The number of halogens is 3. The molecule has 1 aromatic heterocycles. The molecule has 7 heteroatoms. The number of benzene rings is 2. The van der Waals surface area contributed by atoms with E-state index in [1.807, 2.05) is 6.07 Å². The van der Waals surface area contributed by atoms with Crippen molar-refractivity contribution >= 4 is 5.91 Å². The first-order valence-electron chi connectivity index (χ1n) is 8.27. The summed E-state index contributed by atoms with van der Waals surface area (Å²) < 4.78 is 38.8. The maximum atomic E-state index is 12.9. The van der Waals surface area contributed by atoms with Crippen molar-refractivity contribution in [2.24, 2.45) is 0 Å². The molecule has 0 bridgehead atoms. The average molecular weight is 381 g/mol. The normalized spacial score (nSPS) is 12.1. The molecule has 0 radical (unpaired) electrons. The van der Waals surface area contributed by atoms with Crippen molar-refractivity contribution in [1.29, 1.82) is 5.26 Å². The number of carbonyl (C=O) groups excluding carboxylic acids is 1. The maximum absolute atomic E-state index is 12.9. The molecule has 0 aliphatic rings. The number of rotatable bonds is 4. The van der Waals surface area contributed by atoms with Gasteiger partial charge in [-0.05, 0) is 47.0 Å². The minimum atomic E-state index is -4.53. The molecule has 1 atom stereocenters. The number of alkyl halides is 3. The van der Waals surface area contributed by atoms with Crippen molar-refractivity contribution in [2.75, 3.05) is 0 Å². The Morgan fingerprint density at radius 2 is 1.75 bits per heavy atom. The third-order valence-corrected chi connectivity index (χ3v) is 4.11. The van der Waals surface area contributed by atoms with Crippen LogP contribution in [0.5, 0.6) is 0 Å². The second kappa shape index (κ2) is 7.92. The molecule has 0 fully saturated rings. The predicted octanol–water partition coefficient (Wildman–Crippen LogP) is 4.76. The zero-order valence-corrected chi connectivity index (χ0v) is 14.4. The van der Waals surface area contributed by atoms with E-state index >= 15 is 0 Å². The minimum Gasteiger partial charge on any atom is -0.332 e. The summed E-state index contributed by atoms with van der Waals surface area (Å²) in [5.74, 6) is -0.559. The van der Waals surface area contributed by atoms with Gasteiger partial charge in [0.15, 0.2) is 0 Å². The van der Waals surface area contributed by atoms with Gasteiger partial charge in [0.05, 0.1) is 11.6 Å². The van der Waals surface area contributed by atoms with Crippen LogP contribution in [0.2, 0.25) is 0 Å². The molecule has 1 unspecified atom stereocenters. The molecule has 4 nitrogen and oxygen atoms in total. The van der Waals surface area contributed by atoms with Gasteiger partial charge in [0.2, 0.25) is 0 Å². The van der Waals surface area contributed by atoms with Crippen molar-refractivity contribution < 1.29 is 18.0 Å². The number of carbonyl (C=O) groups is 1. The van der Waals surface area contributed by atoms with E-state index in [9.17, 15) is 23.2 Å². The zero-order valence-electron chi connectivity index (χ0n) is 14.4. The van der Waals surface area contributed by atoms with Crippen molar-refractivity contribution in [2.45, 2.75) is 12.2 Å². The molecule has 0 saturated heterocycles. The lowest BCUT2D eigenvalue weighted by Crippen LogP contribution is -2.28. The Morgan fingerprint density at radius 1 is 1.04 bits per heavy atom. The molecule has 0 saturated carbocycles. The van der Waals surface area contributed by atoms with Gasteiger partial charge in [0.1, 0.15) is 6.04 Å². The Hall–Kier alpha value is -3.66. The van der Waals surface area contributed by atoms with Crippen LogP contribution in [-0.2, 0) is 6.18 Å². The van der Waals surface area contributed by atoms with Gasteiger partial charge in [-0.3, -0.25) is 9.78 Å². The Bertz CT molecular complexity index is 1030. The number of nitrogens with one attached hydrogen (secondary N) is 1. The highest BCUT2D eigenvalue weighted by molar-refractivity contribution is 6.01. The molecule has 3 rings (SSSR count). The van der Waals surface area contributed by atoms with Crippen LogP contribution in [0.1, 0.15) is 27.5 Å². The first kappa shape index (κ1) is 19.1. The van der Waals surface area contributed by atoms with Gasteiger partial charge < -0.3 is 5.32 Å². The molecule has 1 amide bonds. The van der Waals surface area contributed by atoms with E-state index in [4.69, 9.17) is 0 Å². The largest absolute Gasteiger partial charge is 0.416 e. The van der Waals surface area contributed by atoms with Crippen molar-refractivity contribution in [3.05, 3.63) is 89.7 Å². The van der Waals surface area contributed by atoms with Crippen LogP contribution in [0, 0.1) is 11.3 Å². The average Bonchev–Trinajstić information content (AvgIpc) is 2.72. The van der Waals surface area contributed by atoms with Gasteiger partial charge >= 0.3 is 6.18 Å². The maximum Gasteiger partial charge on any atom is 0.416 e. The van der Waals surface area contributed by atoms with Crippen LogP contribution >= 0.6 is 0 Å². The van der Waals surface area contributed by atoms with Gasteiger partial charge in [0.25, 0.3) is 5.91 Å². The predicted molar refractivity (Wildman–Crippen MR) is 96.9 cm³/mol. The topological polar surface area (TPSA) is 65.8 Å². The number of nitriles is 1. The molecule has 0 aliphatic heterocycles. The fraction of sp³-hybridized carbons (Fsp3) is 0.0952. The Balaban J connectivity index is 1.90. The fourth-order valence-electron chi connectivity index (χ4n) is 2.76. The van der Waals surface area contributed by atoms with Crippen LogP contribution < -0.4 is 5.32 Å². The van der Waals surface area contributed by atoms with Gasteiger partial charge in [-0.25, -0.2) is 0 Å². The third kappa shape index (κ3) is 4.18. The number of hydrogen-bond donors (Lipinski definition) is 1. The van der Waals surface area contributed by atoms with Crippen LogP contribution in [0.25, 0.3) is 11.1 Å². The summed E-state index contributed by atoms with van der Waals surface area (Å²) in [5, 5.41) is 11.9. The summed E-state index contributed by atoms with van der Waals surface area (Å²) in [6.45, 7) is 0. The van der Waals surface area contributed by atoms with Crippen molar-refractivity contribution in [3.63, 3.8) is 0 Å². The van der Waals surface area contributed by atoms with E-state index in [2.05, 4.69) is 10.3 Å². The molecule has 3 aromatic rings. The summed E-state index contributed by atoms with van der Waals surface area (Å²) in [6.07, 6.45) is -1.36. The van der Waals surface area contributed by atoms with Gasteiger partial charge in [-0.1, -0.05) is 30.3 Å². The number of pyridine rings is 1. The Labute approximate surface area is 159 Å². The van der Waals surface area contributed by atoms with Crippen molar-refractivity contribution in [3.8, 4) is 17.2 Å². The SMILES string of the molecule is N#CC(NC(=O)c1ccccc1-c1ccncc1)c1cccc(C(F)(F)F)c1. The second-order valence-corrected chi connectivity index (χ2v) is 5.94. The first-order chi connectivity index (χ1) is 13.4. The van der Waals surface area contributed by atoms with Crippen LogP contribution in [0.15, 0.2) is 73.1 Å². The molecular weight excluding hydrogens is 367 g/mol. The molecule has 140 valence electrons. The molecular formula is C21H14F3N3O. The summed E-state index contributed by atoms with van der Waals surface area (Å²) >= 11 is 0. The standard InChI is InChI=1S/C21H14F3N3O/c22-21(23,24)16-5-3-4-15(12-16)19(13-25)27-20(28)18-7-2-1-6-17(18)14-8-10-26-11-9-14/h1-12,19H,(H,27,28). The lowest BCUT2D eigenvalue weighted by Gasteiger charge is -2.16. The number of aromatic nitrogens is 1. The Morgan fingerprint density at radius 3 is 2.43 bits per heavy atom. The molecule has 0 aliphatic carbocycles. The first-order valence-corrected chi connectivity index (χ1v) is 8.27. The highest BCUT2D eigenvalue weighted by atomic mass is 19.4. The van der Waals surface area contributed by atoms with E-state index < -0.39 is 23.7 Å². The number of hydrogen-bond acceptors (Lipinski definition) is 3. The van der Waals surface area contributed by atoms with Gasteiger partial charge in [-0.2, -0.15) is 18.4 Å². The highest BCUT2D eigenvalue weighted by Gasteiger charge is 2.31. The van der Waals surface area contributed by atoms with E-state index in [0.29, 0.717) is 11.1 Å². The lowest BCUT2D eigenvalue weighted by atomic mass is 9.99. The zero-order chi connectivity index (χ0) is 20.1. The highest BCUT2D eigenvalue weighted by Crippen LogP contribution is 2.31. The third-order valence-electron chi connectivity index (χ3n) is 4.11. The monoisotopic (exact) mass is 381 g/mol. The van der Waals surface area contributed by atoms with Crippen LogP contribution in [-0.4, -0.2) is 10.9 Å². The van der Waals surface area contributed by atoms with Gasteiger partial charge in [-0.15, -0.1) is 0 Å². The molecule has 28 heavy (non-hydrogen) atoms. The summed E-state index contributed by atoms with van der Waals surface area (Å²) in [7, 11) is 0. The molecule has 2 aromatic carbocycles. The van der Waals surface area contributed by atoms with Crippen molar-refractivity contribution in [1.82, 2.24) is 10.3 Å². The van der Waals surface area contributed by atoms with E-state index in [0.717, 1.165) is 17.7 Å². The lowest BCUT2D eigenvalue weighted by molar-refractivity contribution is -0.137. The minimum absolute atomic E-state index is 0.0621. The quantitative estimate of drug-likeness (QED) is 0.708. The van der Waals surface area contributed by atoms with Crippen LogP contribution in [0.3, 0.4) is 0 Å². The number of amides is 1. The summed E-state index contributed by atoms with van der Waals surface area (Å²) in [6, 6.07) is 15.2. The summed E-state index contributed by atoms with van der Waals surface area (Å²) in [5.41, 5.74) is 0.876. The van der Waals surface area contributed by atoms with Crippen LogP contribution in [0.4, 0.5) is 13.2 Å². The summed E-state index contributed by atoms with van der Waals surface area (Å²) in [4.78, 5) is 16.7. The Kier molecular flexibility index (Phi) is 5.41. The van der Waals surface area contributed by atoms with E-state index in [1.165, 1.54) is 12.1 Å².